The maximum atomic E-state index is 13.1. The molecule has 1 saturated heterocycles. The highest BCUT2D eigenvalue weighted by molar-refractivity contribution is 6.02. The Bertz CT molecular complexity index is 1040. The number of hydrogen-bond acceptors (Lipinski definition) is 3. The Kier molecular flexibility index (Phi) is 4.99. The number of piperidine rings is 1. The molecular formula is C23H25N3O2. The summed E-state index contributed by atoms with van der Waals surface area (Å²) in [4.78, 5) is 27.9. The molecule has 0 spiro atoms. The molecule has 1 fully saturated rings. The Labute approximate surface area is 164 Å². The predicted molar refractivity (Wildman–Crippen MR) is 110 cm³/mol. The van der Waals surface area contributed by atoms with Gasteiger partial charge < -0.3 is 4.90 Å². The summed E-state index contributed by atoms with van der Waals surface area (Å²) in [6, 6.07) is 13.9. The second-order valence-electron chi connectivity index (χ2n) is 7.55. The molecule has 0 unspecified atom stereocenters. The van der Waals surface area contributed by atoms with Crippen molar-refractivity contribution in [3.63, 3.8) is 0 Å². The van der Waals surface area contributed by atoms with Crippen LogP contribution in [0.5, 0.6) is 0 Å². The molecule has 1 amide bonds. The molecule has 1 atom stereocenters. The molecule has 1 aliphatic heterocycles. The third kappa shape index (κ3) is 3.33. The number of aromatic amines is 1. The number of H-pyrrole nitrogens is 1. The summed E-state index contributed by atoms with van der Waals surface area (Å²) in [7, 11) is 0. The Morgan fingerprint density at radius 1 is 1.18 bits per heavy atom. The van der Waals surface area contributed by atoms with Crippen LogP contribution in [0.4, 0.5) is 0 Å². The van der Waals surface area contributed by atoms with E-state index in [-0.39, 0.29) is 17.6 Å². The van der Waals surface area contributed by atoms with Crippen LogP contribution in [0, 0.1) is 12.8 Å². The van der Waals surface area contributed by atoms with Crippen molar-refractivity contribution in [2.75, 3.05) is 13.1 Å². The number of amides is 1. The molecule has 1 aromatic heterocycles. The highest BCUT2D eigenvalue weighted by Gasteiger charge is 2.31. The molecular weight excluding hydrogens is 350 g/mol. The number of nitrogens with zero attached hydrogens (tertiary/aromatic N) is 2. The molecule has 2 aromatic carbocycles. The van der Waals surface area contributed by atoms with Crippen LogP contribution in [0.25, 0.3) is 10.8 Å². The minimum absolute atomic E-state index is 0.0792. The lowest BCUT2D eigenvalue weighted by molar-refractivity contribution is 0.0631. The number of likely N-dealkylation sites (tertiary alicyclic amines) is 1. The normalized spacial score (nSPS) is 17.1. The molecule has 0 aliphatic carbocycles. The van der Waals surface area contributed by atoms with Crippen molar-refractivity contribution in [2.45, 2.75) is 33.1 Å². The number of rotatable bonds is 4. The standard InChI is InChI=1S/C23H25N3O2/c1-3-20-15(2)21(25-24-20)23(28)26-12-6-9-19(14-26)22(27)18-11-10-16-7-4-5-8-17(16)13-18/h4-5,7-8,10-11,13,19H,3,6,9,12,14H2,1-2H3,(H,24,25)/t19-/m1/s1. The lowest BCUT2D eigenvalue weighted by atomic mass is 9.89. The summed E-state index contributed by atoms with van der Waals surface area (Å²) in [6.07, 6.45) is 2.46. The van der Waals surface area contributed by atoms with Crippen molar-refractivity contribution < 1.29 is 9.59 Å². The van der Waals surface area contributed by atoms with Gasteiger partial charge in [0, 0.05) is 35.8 Å². The van der Waals surface area contributed by atoms with E-state index in [9.17, 15) is 9.59 Å². The fourth-order valence-electron chi connectivity index (χ4n) is 4.09. The van der Waals surface area contributed by atoms with Gasteiger partial charge in [0.05, 0.1) is 0 Å². The summed E-state index contributed by atoms with van der Waals surface area (Å²) in [6.45, 7) is 5.09. The van der Waals surface area contributed by atoms with Gasteiger partial charge in [0.1, 0.15) is 0 Å². The number of aromatic nitrogens is 2. The zero-order valence-corrected chi connectivity index (χ0v) is 16.4. The maximum absolute atomic E-state index is 13.1. The Hall–Kier alpha value is -2.95. The topological polar surface area (TPSA) is 66.1 Å². The zero-order valence-electron chi connectivity index (χ0n) is 16.4. The average Bonchev–Trinajstić information content (AvgIpc) is 3.12. The quantitative estimate of drug-likeness (QED) is 0.696. The maximum Gasteiger partial charge on any atom is 0.274 e. The summed E-state index contributed by atoms with van der Waals surface area (Å²) in [5, 5.41) is 9.37. The van der Waals surface area contributed by atoms with Crippen LogP contribution < -0.4 is 0 Å². The van der Waals surface area contributed by atoms with Crippen molar-refractivity contribution in [1.29, 1.82) is 0 Å². The molecule has 144 valence electrons. The fraction of sp³-hybridized carbons (Fsp3) is 0.348. The number of aryl methyl sites for hydroxylation is 1. The average molecular weight is 375 g/mol. The van der Waals surface area contributed by atoms with Crippen molar-refractivity contribution >= 4 is 22.5 Å². The lowest BCUT2D eigenvalue weighted by Gasteiger charge is -2.31. The Balaban J connectivity index is 1.53. The predicted octanol–water partition coefficient (Wildman–Crippen LogP) is 4.17. The molecule has 2 heterocycles. The van der Waals surface area contributed by atoms with Crippen LogP contribution >= 0.6 is 0 Å². The SMILES string of the molecule is CCc1[nH]nc(C(=O)N2CCC[C@@H](C(=O)c3ccc4ccccc4c3)C2)c1C. The van der Waals surface area contributed by atoms with Crippen molar-refractivity contribution in [2.24, 2.45) is 5.92 Å². The van der Waals surface area contributed by atoms with Gasteiger partial charge in [-0.2, -0.15) is 5.10 Å². The third-order valence-electron chi connectivity index (χ3n) is 5.78. The lowest BCUT2D eigenvalue weighted by Crippen LogP contribution is -2.42. The Morgan fingerprint density at radius 3 is 2.71 bits per heavy atom. The first-order valence-electron chi connectivity index (χ1n) is 9.94. The number of carbonyl (C=O) groups is 2. The zero-order chi connectivity index (χ0) is 19.7. The number of benzene rings is 2. The molecule has 5 nitrogen and oxygen atoms in total. The van der Waals surface area contributed by atoms with Crippen molar-refractivity contribution in [3.05, 3.63) is 65.0 Å². The fourth-order valence-corrected chi connectivity index (χ4v) is 4.09. The van der Waals surface area contributed by atoms with Crippen LogP contribution in [0.2, 0.25) is 0 Å². The second-order valence-corrected chi connectivity index (χ2v) is 7.55. The van der Waals surface area contributed by atoms with Crippen LogP contribution in [0.3, 0.4) is 0 Å². The molecule has 4 rings (SSSR count). The summed E-state index contributed by atoms with van der Waals surface area (Å²) in [5.41, 5.74) is 3.11. The van der Waals surface area contributed by atoms with E-state index in [2.05, 4.69) is 10.2 Å². The van der Waals surface area contributed by atoms with Crippen LogP contribution in [0.15, 0.2) is 42.5 Å². The number of Topliss-reactive ketones (excluding diaryl/α,β-unsaturated/α-hetero) is 1. The molecule has 5 heteroatoms. The molecule has 0 saturated carbocycles. The smallest absolute Gasteiger partial charge is 0.274 e. The van der Waals surface area contributed by atoms with Gasteiger partial charge in [-0.15, -0.1) is 0 Å². The van der Waals surface area contributed by atoms with E-state index in [0.29, 0.717) is 18.8 Å². The highest BCUT2D eigenvalue weighted by atomic mass is 16.2. The summed E-state index contributed by atoms with van der Waals surface area (Å²) in [5.74, 6) is -0.121. The molecule has 28 heavy (non-hydrogen) atoms. The minimum atomic E-state index is -0.163. The van der Waals surface area contributed by atoms with Crippen molar-refractivity contribution in [3.8, 4) is 0 Å². The van der Waals surface area contributed by atoms with Gasteiger partial charge in [-0.1, -0.05) is 43.3 Å². The van der Waals surface area contributed by atoms with Crippen LogP contribution in [-0.4, -0.2) is 39.9 Å². The van der Waals surface area contributed by atoms with Gasteiger partial charge in [0.25, 0.3) is 5.91 Å². The minimum Gasteiger partial charge on any atom is -0.337 e. The van der Waals surface area contributed by atoms with Gasteiger partial charge in [-0.05, 0) is 43.0 Å². The number of hydrogen-bond donors (Lipinski definition) is 1. The third-order valence-corrected chi connectivity index (χ3v) is 5.78. The van der Waals surface area contributed by atoms with E-state index >= 15 is 0 Å². The first kappa shape index (κ1) is 18.4. The van der Waals surface area contributed by atoms with Gasteiger partial charge in [0.2, 0.25) is 0 Å². The molecule has 1 N–H and O–H groups in total. The van der Waals surface area contributed by atoms with Crippen LogP contribution in [-0.2, 0) is 6.42 Å². The monoisotopic (exact) mass is 375 g/mol. The van der Waals surface area contributed by atoms with Crippen LogP contribution in [0.1, 0.15) is 51.9 Å². The molecule has 0 radical (unpaired) electrons. The number of nitrogens with one attached hydrogen (secondary N) is 1. The van der Waals surface area contributed by atoms with Gasteiger partial charge in [-0.3, -0.25) is 14.7 Å². The molecule has 3 aromatic rings. The van der Waals surface area contributed by atoms with E-state index in [1.807, 2.05) is 56.3 Å². The van der Waals surface area contributed by atoms with Gasteiger partial charge in [-0.25, -0.2) is 0 Å². The van der Waals surface area contributed by atoms with E-state index in [0.717, 1.165) is 46.9 Å². The molecule has 0 bridgehead atoms. The van der Waals surface area contributed by atoms with Crippen molar-refractivity contribution in [1.82, 2.24) is 15.1 Å². The van der Waals surface area contributed by atoms with E-state index in [1.165, 1.54) is 0 Å². The second kappa shape index (κ2) is 7.58. The summed E-state index contributed by atoms with van der Waals surface area (Å²) < 4.78 is 0. The Morgan fingerprint density at radius 2 is 1.96 bits per heavy atom. The molecule has 1 aliphatic rings. The first-order valence-corrected chi connectivity index (χ1v) is 9.94. The number of carbonyl (C=O) groups excluding carboxylic acids is 2. The largest absolute Gasteiger partial charge is 0.337 e. The summed E-state index contributed by atoms with van der Waals surface area (Å²) >= 11 is 0. The van der Waals surface area contributed by atoms with Gasteiger partial charge >= 0.3 is 0 Å². The van der Waals surface area contributed by atoms with E-state index < -0.39 is 0 Å². The van der Waals surface area contributed by atoms with Gasteiger partial charge in [0.15, 0.2) is 11.5 Å². The highest BCUT2D eigenvalue weighted by Crippen LogP contribution is 2.25. The number of fused-ring (bicyclic) bond motifs is 1. The number of ketones is 1. The first-order chi connectivity index (χ1) is 13.6. The van der Waals surface area contributed by atoms with E-state index in [4.69, 9.17) is 0 Å². The van der Waals surface area contributed by atoms with E-state index in [1.54, 1.807) is 4.90 Å².